The van der Waals surface area contributed by atoms with Crippen LogP contribution < -0.4 is 15.8 Å². The number of amides is 1. The molecule has 0 aliphatic carbocycles. The van der Waals surface area contributed by atoms with E-state index >= 15 is 0 Å². The summed E-state index contributed by atoms with van der Waals surface area (Å²) in [5, 5.41) is 2.87. The number of hydrogen-bond donors (Lipinski definition) is 2. The third-order valence-corrected chi connectivity index (χ3v) is 3.11. The van der Waals surface area contributed by atoms with E-state index in [1.165, 1.54) is 0 Å². The standard InChI is InChI=1S/C16H18N2O2/c1-20-14-9-7-13(8-10-14)18-16(19)15(11-17)12-5-3-2-4-6-12/h2-10,15H,11,17H2,1H3,(H,18,19). The minimum absolute atomic E-state index is 0.108. The summed E-state index contributed by atoms with van der Waals surface area (Å²) in [6.07, 6.45) is 0. The fourth-order valence-corrected chi connectivity index (χ4v) is 1.98. The van der Waals surface area contributed by atoms with Gasteiger partial charge in [-0.05, 0) is 29.8 Å². The molecule has 0 heterocycles. The first-order chi connectivity index (χ1) is 9.74. The Labute approximate surface area is 118 Å². The molecule has 104 valence electrons. The third kappa shape index (κ3) is 3.36. The molecule has 1 unspecified atom stereocenters. The Morgan fingerprint density at radius 1 is 1.15 bits per heavy atom. The van der Waals surface area contributed by atoms with Gasteiger partial charge in [-0.25, -0.2) is 0 Å². The van der Waals surface area contributed by atoms with Gasteiger partial charge in [-0.2, -0.15) is 0 Å². The zero-order valence-electron chi connectivity index (χ0n) is 11.4. The van der Waals surface area contributed by atoms with Gasteiger partial charge in [0.05, 0.1) is 13.0 Å². The molecule has 2 aromatic carbocycles. The predicted molar refractivity (Wildman–Crippen MR) is 79.9 cm³/mol. The molecule has 20 heavy (non-hydrogen) atoms. The number of rotatable bonds is 5. The second kappa shape index (κ2) is 6.73. The Bertz CT molecular complexity index is 552. The third-order valence-electron chi connectivity index (χ3n) is 3.11. The van der Waals surface area contributed by atoms with Crippen LogP contribution in [-0.2, 0) is 4.79 Å². The summed E-state index contributed by atoms with van der Waals surface area (Å²) < 4.78 is 5.08. The van der Waals surface area contributed by atoms with Gasteiger partial charge in [0.1, 0.15) is 5.75 Å². The van der Waals surface area contributed by atoms with Gasteiger partial charge in [0, 0.05) is 12.2 Å². The van der Waals surface area contributed by atoms with Crippen LogP contribution in [0.15, 0.2) is 54.6 Å². The summed E-state index contributed by atoms with van der Waals surface area (Å²) >= 11 is 0. The van der Waals surface area contributed by atoms with Gasteiger partial charge < -0.3 is 15.8 Å². The second-order valence-electron chi connectivity index (χ2n) is 4.42. The quantitative estimate of drug-likeness (QED) is 0.876. The van der Waals surface area contributed by atoms with Crippen LogP contribution in [0.1, 0.15) is 11.5 Å². The van der Waals surface area contributed by atoms with Gasteiger partial charge in [0.25, 0.3) is 0 Å². The molecule has 0 aliphatic rings. The van der Waals surface area contributed by atoms with Crippen LogP contribution in [0, 0.1) is 0 Å². The molecule has 0 aliphatic heterocycles. The predicted octanol–water partition coefficient (Wildman–Crippen LogP) is 2.38. The Hall–Kier alpha value is -2.33. The number of carbonyl (C=O) groups is 1. The molecular weight excluding hydrogens is 252 g/mol. The van der Waals surface area contributed by atoms with Crippen molar-refractivity contribution in [2.75, 3.05) is 19.0 Å². The molecule has 0 fully saturated rings. The lowest BCUT2D eigenvalue weighted by Gasteiger charge is -2.15. The molecular formula is C16H18N2O2. The van der Waals surface area contributed by atoms with Crippen molar-refractivity contribution in [1.29, 1.82) is 0 Å². The van der Waals surface area contributed by atoms with E-state index in [0.29, 0.717) is 0 Å². The molecule has 1 atom stereocenters. The maximum absolute atomic E-state index is 12.3. The van der Waals surface area contributed by atoms with E-state index < -0.39 is 0 Å². The molecule has 4 heteroatoms. The fraction of sp³-hybridized carbons (Fsp3) is 0.188. The first kappa shape index (κ1) is 14.1. The maximum atomic E-state index is 12.3. The fourth-order valence-electron chi connectivity index (χ4n) is 1.98. The summed E-state index contributed by atoms with van der Waals surface area (Å²) in [6, 6.07) is 16.7. The van der Waals surface area contributed by atoms with Crippen LogP contribution in [0.3, 0.4) is 0 Å². The smallest absolute Gasteiger partial charge is 0.233 e. The van der Waals surface area contributed by atoms with Crippen LogP contribution in [0.25, 0.3) is 0 Å². The average Bonchev–Trinajstić information content (AvgIpc) is 2.50. The highest BCUT2D eigenvalue weighted by Gasteiger charge is 2.18. The Morgan fingerprint density at radius 3 is 2.35 bits per heavy atom. The molecule has 0 spiro atoms. The van der Waals surface area contributed by atoms with Crippen molar-refractivity contribution in [2.45, 2.75) is 5.92 Å². The number of benzene rings is 2. The number of methoxy groups -OCH3 is 1. The lowest BCUT2D eigenvalue weighted by atomic mass is 9.98. The summed E-state index contributed by atoms with van der Waals surface area (Å²) in [4.78, 5) is 12.3. The van der Waals surface area contributed by atoms with Crippen LogP contribution in [0.5, 0.6) is 5.75 Å². The van der Waals surface area contributed by atoms with Crippen molar-refractivity contribution in [2.24, 2.45) is 5.73 Å². The number of carbonyl (C=O) groups excluding carboxylic acids is 1. The maximum Gasteiger partial charge on any atom is 0.233 e. The topological polar surface area (TPSA) is 64.3 Å². The molecule has 0 aromatic heterocycles. The van der Waals surface area contributed by atoms with E-state index in [0.717, 1.165) is 17.0 Å². The van der Waals surface area contributed by atoms with Gasteiger partial charge in [0.15, 0.2) is 0 Å². The van der Waals surface area contributed by atoms with Gasteiger partial charge in [-0.3, -0.25) is 4.79 Å². The van der Waals surface area contributed by atoms with E-state index in [9.17, 15) is 4.79 Å². The largest absolute Gasteiger partial charge is 0.497 e. The molecule has 0 bridgehead atoms. The first-order valence-corrected chi connectivity index (χ1v) is 6.44. The number of ether oxygens (including phenoxy) is 1. The van der Waals surface area contributed by atoms with Gasteiger partial charge in [-0.1, -0.05) is 30.3 Å². The molecule has 0 saturated heterocycles. The number of nitrogens with two attached hydrogens (primary N) is 1. The van der Waals surface area contributed by atoms with Crippen molar-refractivity contribution >= 4 is 11.6 Å². The monoisotopic (exact) mass is 270 g/mol. The lowest BCUT2D eigenvalue weighted by molar-refractivity contribution is -0.117. The Morgan fingerprint density at radius 2 is 1.80 bits per heavy atom. The minimum Gasteiger partial charge on any atom is -0.497 e. The summed E-state index contributed by atoms with van der Waals surface area (Å²) in [7, 11) is 1.60. The van der Waals surface area contributed by atoms with Crippen molar-refractivity contribution in [3.05, 3.63) is 60.2 Å². The summed E-state index contributed by atoms with van der Waals surface area (Å²) in [6.45, 7) is 0.270. The van der Waals surface area contributed by atoms with Crippen LogP contribution >= 0.6 is 0 Å². The molecule has 2 rings (SSSR count). The number of hydrogen-bond acceptors (Lipinski definition) is 3. The van der Waals surface area contributed by atoms with Gasteiger partial charge in [-0.15, -0.1) is 0 Å². The molecule has 3 N–H and O–H groups in total. The zero-order valence-corrected chi connectivity index (χ0v) is 11.4. The number of nitrogens with one attached hydrogen (secondary N) is 1. The van der Waals surface area contributed by atoms with E-state index in [-0.39, 0.29) is 18.4 Å². The van der Waals surface area contributed by atoms with Gasteiger partial charge in [0.2, 0.25) is 5.91 Å². The average molecular weight is 270 g/mol. The SMILES string of the molecule is COc1ccc(NC(=O)C(CN)c2ccccc2)cc1. The zero-order chi connectivity index (χ0) is 14.4. The number of anilines is 1. The van der Waals surface area contributed by atoms with Gasteiger partial charge >= 0.3 is 0 Å². The van der Waals surface area contributed by atoms with E-state index in [1.807, 2.05) is 30.3 Å². The van der Waals surface area contributed by atoms with Crippen LogP contribution in [-0.4, -0.2) is 19.6 Å². The molecule has 0 radical (unpaired) electrons. The summed E-state index contributed by atoms with van der Waals surface area (Å²) in [5.74, 6) is 0.295. The Balaban J connectivity index is 2.09. The highest BCUT2D eigenvalue weighted by atomic mass is 16.5. The van der Waals surface area contributed by atoms with E-state index in [4.69, 9.17) is 10.5 Å². The Kier molecular flexibility index (Phi) is 4.74. The lowest BCUT2D eigenvalue weighted by Crippen LogP contribution is -2.27. The van der Waals surface area contributed by atoms with Crippen molar-refractivity contribution in [3.8, 4) is 5.75 Å². The second-order valence-corrected chi connectivity index (χ2v) is 4.42. The molecule has 4 nitrogen and oxygen atoms in total. The molecule has 2 aromatic rings. The van der Waals surface area contributed by atoms with Crippen LogP contribution in [0.2, 0.25) is 0 Å². The van der Waals surface area contributed by atoms with Crippen LogP contribution in [0.4, 0.5) is 5.69 Å². The highest BCUT2D eigenvalue weighted by Crippen LogP contribution is 2.19. The van der Waals surface area contributed by atoms with E-state index in [1.54, 1.807) is 31.4 Å². The van der Waals surface area contributed by atoms with E-state index in [2.05, 4.69) is 5.32 Å². The first-order valence-electron chi connectivity index (χ1n) is 6.44. The molecule has 0 saturated carbocycles. The van der Waals surface area contributed by atoms with Crippen molar-refractivity contribution in [1.82, 2.24) is 0 Å². The highest BCUT2D eigenvalue weighted by molar-refractivity contribution is 5.96. The van der Waals surface area contributed by atoms with Crippen molar-refractivity contribution in [3.63, 3.8) is 0 Å². The molecule has 1 amide bonds. The summed E-state index contributed by atoms with van der Waals surface area (Å²) in [5.41, 5.74) is 7.37. The normalized spacial score (nSPS) is 11.7. The van der Waals surface area contributed by atoms with Crippen molar-refractivity contribution < 1.29 is 9.53 Å². The minimum atomic E-state index is -0.349.